The van der Waals surface area contributed by atoms with Gasteiger partial charge in [-0.1, -0.05) is 50.2 Å². The van der Waals surface area contributed by atoms with Gasteiger partial charge in [0.1, 0.15) is 6.04 Å². The number of nitrogens with zero attached hydrogens (tertiary/aromatic N) is 2. The van der Waals surface area contributed by atoms with Crippen molar-refractivity contribution in [1.29, 1.82) is 0 Å². The van der Waals surface area contributed by atoms with Crippen molar-refractivity contribution in [3.8, 4) is 0 Å². The van der Waals surface area contributed by atoms with E-state index in [1.165, 1.54) is 0 Å². The molecule has 0 radical (unpaired) electrons. The van der Waals surface area contributed by atoms with Crippen LogP contribution in [0.4, 0.5) is 0 Å². The number of aliphatic carboxylic acids is 2. The van der Waals surface area contributed by atoms with E-state index in [1.807, 2.05) is 62.4 Å². The molecule has 2 amide bonds. The van der Waals surface area contributed by atoms with E-state index in [0.29, 0.717) is 31.5 Å². The van der Waals surface area contributed by atoms with Crippen LogP contribution in [-0.2, 0) is 25.6 Å². The number of aromatic nitrogens is 1. The Morgan fingerprint density at radius 1 is 1.05 bits per heavy atom. The van der Waals surface area contributed by atoms with Crippen LogP contribution >= 0.6 is 0 Å². The van der Waals surface area contributed by atoms with Crippen LogP contribution < -0.4 is 11.1 Å². The molecule has 10 heteroatoms. The highest BCUT2D eigenvalue weighted by Gasteiger charge is 2.37. The average Bonchev–Trinajstić information content (AvgIpc) is 3.38. The maximum atomic E-state index is 13.2. The first-order valence-electron chi connectivity index (χ1n) is 12.0. The molecule has 1 aromatic carbocycles. The number of carbonyl (C=O) groups excluding carboxylic acids is 2. The van der Waals surface area contributed by atoms with Gasteiger partial charge in [0.05, 0.1) is 12.1 Å². The largest absolute Gasteiger partial charge is 0.478 e. The summed E-state index contributed by atoms with van der Waals surface area (Å²) in [5.74, 6) is -2.75. The first-order chi connectivity index (χ1) is 17.6. The van der Waals surface area contributed by atoms with Crippen LogP contribution in [0.1, 0.15) is 44.0 Å². The van der Waals surface area contributed by atoms with E-state index in [1.54, 1.807) is 11.1 Å². The molecule has 10 nitrogen and oxygen atoms in total. The second-order valence-corrected chi connectivity index (χ2v) is 8.97. The predicted molar refractivity (Wildman–Crippen MR) is 137 cm³/mol. The maximum absolute atomic E-state index is 13.2. The maximum Gasteiger partial charge on any atom is 0.328 e. The number of hydrogen-bond acceptors (Lipinski definition) is 6. The second kappa shape index (κ2) is 14.5. The molecule has 198 valence electrons. The number of carbonyl (C=O) groups is 4. The van der Waals surface area contributed by atoms with Crippen molar-refractivity contribution >= 4 is 23.8 Å². The van der Waals surface area contributed by atoms with Crippen molar-refractivity contribution in [2.24, 2.45) is 11.7 Å². The third-order valence-corrected chi connectivity index (χ3v) is 5.87. The zero-order valence-electron chi connectivity index (χ0n) is 21.0. The second-order valence-electron chi connectivity index (χ2n) is 8.97. The van der Waals surface area contributed by atoms with Gasteiger partial charge in [-0.05, 0) is 36.5 Å². The van der Waals surface area contributed by atoms with Gasteiger partial charge in [0.25, 0.3) is 0 Å². The molecule has 0 aliphatic carbocycles. The topological polar surface area (TPSA) is 163 Å². The van der Waals surface area contributed by atoms with Gasteiger partial charge in [0.15, 0.2) is 0 Å². The van der Waals surface area contributed by atoms with Gasteiger partial charge in [-0.2, -0.15) is 0 Å². The fourth-order valence-electron chi connectivity index (χ4n) is 3.86. The molecule has 1 aliphatic rings. The summed E-state index contributed by atoms with van der Waals surface area (Å²) in [6.45, 7) is 4.42. The molecule has 0 saturated carbocycles. The van der Waals surface area contributed by atoms with Crippen molar-refractivity contribution in [2.45, 2.75) is 51.2 Å². The van der Waals surface area contributed by atoms with E-state index in [9.17, 15) is 19.2 Å². The van der Waals surface area contributed by atoms with Gasteiger partial charge in [0.2, 0.25) is 11.8 Å². The number of hydrogen-bond donors (Lipinski definition) is 4. The molecule has 2 heterocycles. The van der Waals surface area contributed by atoms with Crippen molar-refractivity contribution in [3.05, 3.63) is 78.1 Å². The quantitative estimate of drug-likeness (QED) is 0.373. The Morgan fingerprint density at radius 2 is 1.68 bits per heavy atom. The lowest BCUT2D eigenvalue weighted by molar-refractivity contribution is -0.140. The molecule has 5 N–H and O–H groups in total. The van der Waals surface area contributed by atoms with E-state index in [-0.39, 0.29) is 23.8 Å². The molecular formula is C27H34N4O6. The molecule has 3 atom stereocenters. The number of benzene rings is 1. The first-order valence-corrected chi connectivity index (χ1v) is 12.0. The Hall–Kier alpha value is -4.05. The van der Waals surface area contributed by atoms with Crippen LogP contribution in [0.5, 0.6) is 0 Å². The summed E-state index contributed by atoms with van der Waals surface area (Å²) >= 11 is 0. The fraction of sp³-hybridized carbons (Fsp3) is 0.370. The summed E-state index contributed by atoms with van der Waals surface area (Å²) in [7, 11) is 0. The monoisotopic (exact) mass is 510 g/mol. The van der Waals surface area contributed by atoms with Gasteiger partial charge in [0, 0.05) is 37.0 Å². The van der Waals surface area contributed by atoms with E-state index in [0.717, 1.165) is 17.7 Å². The molecular weight excluding hydrogens is 476 g/mol. The predicted octanol–water partition coefficient (Wildman–Crippen LogP) is 2.17. The third kappa shape index (κ3) is 9.49. The van der Waals surface area contributed by atoms with Crippen LogP contribution in [0, 0.1) is 5.92 Å². The molecule has 1 saturated heterocycles. The first kappa shape index (κ1) is 29.2. The zero-order valence-corrected chi connectivity index (χ0v) is 21.0. The highest BCUT2D eigenvalue weighted by molar-refractivity contribution is 5.91. The van der Waals surface area contributed by atoms with Crippen LogP contribution in [0.25, 0.3) is 0 Å². The number of amides is 2. The Kier molecular flexibility index (Phi) is 11.4. The standard InChI is InChI=1S/C23H30N4O2.C4H4O4/c1-16(2)21(24)23(29)27-14-8-12-20(27)22(28)26-19(17-9-4-3-5-10-17)15-18-11-6-7-13-25-18;5-3(6)1-2-4(7)8/h3-7,9-11,13,16,19-21H,8,12,14-15,24H2,1-2H3,(H,26,28);1-2H,(H,5,6)(H,7,8)/t19-,20?,21?;/m0./s1. The van der Waals surface area contributed by atoms with E-state index >= 15 is 0 Å². The normalized spacial score (nSPS) is 16.5. The summed E-state index contributed by atoms with van der Waals surface area (Å²) in [6, 6.07) is 14.4. The number of nitrogens with one attached hydrogen (secondary N) is 1. The minimum atomic E-state index is -1.26. The van der Waals surface area contributed by atoms with Crippen molar-refractivity contribution in [3.63, 3.8) is 0 Å². The lowest BCUT2D eigenvalue weighted by atomic mass is 10.0. The van der Waals surface area contributed by atoms with E-state index in [2.05, 4.69) is 10.3 Å². The smallest absolute Gasteiger partial charge is 0.328 e. The molecule has 2 aromatic rings. The van der Waals surface area contributed by atoms with Crippen molar-refractivity contribution in [2.75, 3.05) is 6.54 Å². The average molecular weight is 511 g/mol. The number of rotatable bonds is 9. The fourth-order valence-corrected chi connectivity index (χ4v) is 3.86. The van der Waals surface area contributed by atoms with Crippen molar-refractivity contribution in [1.82, 2.24) is 15.2 Å². The van der Waals surface area contributed by atoms with Gasteiger partial charge in [-0.25, -0.2) is 9.59 Å². The Bertz CT molecular complexity index is 1060. The van der Waals surface area contributed by atoms with Gasteiger partial charge < -0.3 is 26.2 Å². The Balaban J connectivity index is 0.000000521. The minimum absolute atomic E-state index is 0.0352. The Morgan fingerprint density at radius 3 is 2.22 bits per heavy atom. The van der Waals surface area contributed by atoms with Crippen LogP contribution in [-0.4, -0.2) is 62.5 Å². The van der Waals surface area contributed by atoms with Crippen LogP contribution in [0.2, 0.25) is 0 Å². The summed E-state index contributed by atoms with van der Waals surface area (Å²) in [4.78, 5) is 51.1. The number of carboxylic acids is 2. The number of nitrogens with two attached hydrogens (primary N) is 1. The summed E-state index contributed by atoms with van der Waals surface area (Å²) in [5.41, 5.74) is 7.99. The lowest BCUT2D eigenvalue weighted by Crippen LogP contribution is -2.53. The molecule has 2 unspecified atom stereocenters. The summed E-state index contributed by atoms with van der Waals surface area (Å²) < 4.78 is 0. The lowest BCUT2D eigenvalue weighted by Gasteiger charge is -2.29. The highest BCUT2D eigenvalue weighted by atomic mass is 16.4. The van der Waals surface area contributed by atoms with Gasteiger partial charge >= 0.3 is 11.9 Å². The highest BCUT2D eigenvalue weighted by Crippen LogP contribution is 2.23. The molecule has 37 heavy (non-hydrogen) atoms. The molecule has 1 aromatic heterocycles. The zero-order chi connectivity index (χ0) is 27.4. The van der Waals surface area contributed by atoms with Crippen LogP contribution in [0.3, 0.4) is 0 Å². The molecule has 0 spiro atoms. The molecule has 1 aliphatic heterocycles. The summed E-state index contributed by atoms with van der Waals surface area (Å²) in [5, 5.41) is 18.8. The summed E-state index contributed by atoms with van der Waals surface area (Å²) in [6.07, 6.45) is 4.93. The van der Waals surface area contributed by atoms with E-state index in [4.69, 9.17) is 15.9 Å². The number of carboxylic acid groups (broad SMARTS) is 2. The van der Waals surface area contributed by atoms with Crippen molar-refractivity contribution < 1.29 is 29.4 Å². The van der Waals surface area contributed by atoms with Gasteiger partial charge in [-0.3, -0.25) is 14.6 Å². The molecule has 0 bridgehead atoms. The third-order valence-electron chi connectivity index (χ3n) is 5.87. The number of pyridine rings is 1. The van der Waals surface area contributed by atoms with E-state index < -0.39 is 24.0 Å². The Labute approximate surface area is 216 Å². The number of likely N-dealkylation sites (tertiary alicyclic amines) is 1. The SMILES string of the molecule is CC(C)C(N)C(=O)N1CCCC1C(=O)N[C@@H](Cc1ccccn1)c1ccccc1.O=C(O)C=CC(=O)O. The van der Waals surface area contributed by atoms with Gasteiger partial charge in [-0.15, -0.1) is 0 Å². The molecule has 1 fully saturated rings. The van der Waals surface area contributed by atoms with Crippen LogP contribution in [0.15, 0.2) is 66.9 Å². The molecule has 3 rings (SSSR count). The minimum Gasteiger partial charge on any atom is -0.478 e.